The van der Waals surface area contributed by atoms with E-state index in [9.17, 15) is 0 Å². The molecule has 0 fully saturated rings. The number of rotatable bonds is 0. The molecule has 0 heterocycles. The Bertz CT molecular complexity index is 130. The Morgan fingerprint density at radius 1 is 0.238 bits per heavy atom. The molecule has 0 radical (unpaired) electrons. The predicted molar refractivity (Wildman–Crippen MR) is 0 cm³/mol. The maximum Gasteiger partial charge on any atom is 4.00 e. The molecule has 0 amide bonds. The summed E-state index contributed by atoms with van der Waals surface area (Å²) in [6.07, 6.45) is 0. The van der Waals surface area contributed by atoms with Crippen LogP contribution < -0.4 is 135 Å². The molecule has 0 aromatic rings. The molecule has 0 bridgehead atoms. The second-order valence-corrected chi connectivity index (χ2v) is 10.1. The van der Waals surface area contributed by atoms with Gasteiger partial charge in [0.1, 0.15) is 80.4 Å². The fourth-order valence-corrected chi connectivity index (χ4v) is 0. The molecule has 0 aromatic heterocycles. The van der Waals surface area contributed by atoms with Gasteiger partial charge in [-0.15, -0.1) is 0 Å². The maximum absolute atomic E-state index is 8.62. The van der Waals surface area contributed by atoms with Crippen molar-refractivity contribution in [3.8, 4) is 0 Å². The molecule has 0 aliphatic carbocycles. The van der Waals surface area contributed by atoms with Crippen LogP contribution in [0.2, 0.25) is 0 Å². The Morgan fingerprint density at radius 3 is 0.238 bits per heavy atom. The normalized spacial score (nSPS) is 11.4. The molecule has 0 atom stereocenters. The summed E-state index contributed by atoms with van der Waals surface area (Å²) in [5.41, 5.74) is 0. The zero-order valence-electron chi connectivity index (χ0n) is 8.54. The van der Waals surface area contributed by atoms with Crippen molar-refractivity contribution in [1.29, 1.82) is 0 Å². The van der Waals surface area contributed by atoms with E-state index in [4.69, 9.17) is 55.0 Å². The van der Waals surface area contributed by atoms with Gasteiger partial charge in [-0.3, -0.25) is 55.0 Å². The van der Waals surface area contributed by atoms with E-state index in [1.807, 2.05) is 0 Å². The molecule has 0 rings (SSSR count). The van der Waals surface area contributed by atoms with Gasteiger partial charge in [0.2, 0.25) is 0 Å². The predicted octanol–water partition coefficient (Wildman–Crippen LogP) is -31.0. The van der Waals surface area contributed by atoms with E-state index in [1.165, 1.54) is 0 Å². The van der Waals surface area contributed by atoms with Crippen LogP contribution >= 0.6 is 0 Å². The zero-order chi connectivity index (χ0) is 18.0. The van der Waals surface area contributed by atoms with Gasteiger partial charge in [-0.2, -0.15) is 0 Å². The smallest absolute Gasteiger partial charge is 0.286 e. The van der Waals surface area contributed by atoms with Crippen LogP contribution in [-0.4, -0.2) is 0 Å². The molecule has 0 saturated carbocycles. The fraction of sp³-hybridized carbons (Fsp3) is 0. The van der Waals surface area contributed by atoms with Crippen molar-refractivity contribution in [1.82, 2.24) is 0 Å². The van der Waals surface area contributed by atoms with Crippen LogP contribution in [0.15, 0.2) is 0 Å². The van der Waals surface area contributed by atoms with Gasteiger partial charge in [-0.25, -0.2) is 0 Å². The molecule has 21 heavy (non-hydrogen) atoms. The third-order valence-electron chi connectivity index (χ3n) is 0. The Hall–Kier alpha value is 3.66. The first-order valence-corrected chi connectivity index (χ1v) is 16.6. The van der Waals surface area contributed by atoms with E-state index in [0.717, 1.165) is 0 Å². The standard InChI is InChI=1S/Ce.4IO4/c;4*2-1(3,4)5/q+4;4*-1. The minimum Gasteiger partial charge on any atom is -0.286 e. The van der Waals surface area contributed by atoms with Crippen LogP contribution in [0.4, 0.5) is 0 Å². The Kier molecular flexibility index (Phi) is 27.0. The average molecular weight is 904 g/mol. The van der Waals surface area contributed by atoms with Gasteiger partial charge in [0, 0.05) is 0 Å². The second kappa shape index (κ2) is 15.9. The minimum absolute atomic E-state index is 0. The van der Waals surface area contributed by atoms with Crippen LogP contribution in [-0.2, 0) is 0 Å². The van der Waals surface area contributed by atoms with Gasteiger partial charge in [-0.05, 0) is 0 Å². The summed E-state index contributed by atoms with van der Waals surface area (Å²) in [5, 5.41) is 0. The maximum atomic E-state index is 8.62. The van der Waals surface area contributed by atoms with Crippen molar-refractivity contribution in [3.05, 3.63) is 0 Å². The van der Waals surface area contributed by atoms with E-state index in [2.05, 4.69) is 0 Å². The summed E-state index contributed by atoms with van der Waals surface area (Å²) in [4.78, 5) is 0. The summed E-state index contributed by atoms with van der Waals surface area (Å²) >= 11 is -23.8. The van der Waals surface area contributed by atoms with E-state index in [1.54, 1.807) is 0 Å². The van der Waals surface area contributed by atoms with Crippen LogP contribution in [0.5, 0.6) is 0 Å². The van der Waals surface area contributed by atoms with E-state index >= 15 is 0 Å². The van der Waals surface area contributed by atoms with Gasteiger partial charge in [-0.1, -0.05) is 0 Å². The molecule has 0 N–H and O–H groups in total. The van der Waals surface area contributed by atoms with E-state index in [0.29, 0.717) is 0 Å². The first-order valence-electron chi connectivity index (χ1n) is 2.47. The molecule has 0 spiro atoms. The molecule has 21 heteroatoms. The SMILES string of the molecule is [Ce+4].[O-][I+3]([O-])([O-])[O-].[O-][I+3]([O-])([O-])[O-].[O-][I+3]([O-])([O-])[O-].[O-][I+3]([O-])([O-])[O-]. The first kappa shape index (κ1) is 35.7. The number of hydrogen-bond donors (Lipinski definition) is 0. The largest absolute Gasteiger partial charge is 4.00 e. The first-order chi connectivity index (χ1) is 8.00. The quantitative estimate of drug-likeness (QED) is 0.204. The van der Waals surface area contributed by atoms with Crippen molar-refractivity contribution in [2.75, 3.05) is 0 Å². The van der Waals surface area contributed by atoms with Crippen LogP contribution in [0.1, 0.15) is 0 Å². The molecule has 0 aliphatic rings. The topological polar surface area (TPSA) is 369 Å². The molecule has 128 valence electrons. The van der Waals surface area contributed by atoms with Crippen LogP contribution in [0.3, 0.4) is 0 Å². The average Bonchev–Trinajstić information content (AvgIpc) is 1.62. The molecular formula is CeI4O16. The zero-order valence-corrected chi connectivity index (χ0v) is 20.3. The molecule has 16 nitrogen and oxygen atoms in total. The van der Waals surface area contributed by atoms with E-state index in [-0.39, 0.29) is 41.7 Å². The Balaban J connectivity index is -0.0000000533. The van der Waals surface area contributed by atoms with Crippen LogP contribution in [0, 0.1) is 41.7 Å². The summed E-state index contributed by atoms with van der Waals surface area (Å²) in [7, 11) is 0. The van der Waals surface area contributed by atoms with Crippen molar-refractivity contribution in [3.63, 3.8) is 0 Å². The summed E-state index contributed by atoms with van der Waals surface area (Å²) in [6.45, 7) is 0. The Labute approximate surface area is 173 Å². The molecule has 0 aliphatic heterocycles. The van der Waals surface area contributed by atoms with Crippen molar-refractivity contribution in [2.45, 2.75) is 0 Å². The van der Waals surface area contributed by atoms with E-state index < -0.39 is 80.4 Å². The summed E-state index contributed by atoms with van der Waals surface area (Å²) in [5.74, 6) is 0. The van der Waals surface area contributed by atoms with Crippen molar-refractivity contribution < 1.29 is 177 Å². The van der Waals surface area contributed by atoms with Gasteiger partial charge in [0.05, 0.1) is 0 Å². The van der Waals surface area contributed by atoms with Crippen molar-refractivity contribution in [2.24, 2.45) is 0 Å². The summed E-state index contributed by atoms with van der Waals surface area (Å²) < 4.78 is 138. The third-order valence-corrected chi connectivity index (χ3v) is 0. The Morgan fingerprint density at radius 2 is 0.238 bits per heavy atom. The monoisotopic (exact) mass is 903 g/mol. The number of hydrogen-bond acceptors (Lipinski definition) is 16. The molecule has 0 aromatic carbocycles. The summed E-state index contributed by atoms with van der Waals surface area (Å²) in [6, 6.07) is 0. The van der Waals surface area contributed by atoms with Crippen LogP contribution in [0.25, 0.3) is 0 Å². The molecule has 0 unspecified atom stereocenters. The fourth-order valence-electron chi connectivity index (χ4n) is 0. The third kappa shape index (κ3) is 830. The van der Waals surface area contributed by atoms with Crippen molar-refractivity contribution >= 4 is 0 Å². The van der Waals surface area contributed by atoms with Gasteiger partial charge >= 0.3 is 41.7 Å². The second-order valence-electron chi connectivity index (χ2n) is 1.51. The van der Waals surface area contributed by atoms with Gasteiger partial charge in [0.15, 0.2) is 0 Å². The molecule has 0 saturated heterocycles. The minimum atomic E-state index is -5.94. The van der Waals surface area contributed by atoms with Gasteiger partial charge < -0.3 is 0 Å². The molecular weight excluding hydrogens is 904 g/mol. The van der Waals surface area contributed by atoms with Gasteiger partial charge in [0.25, 0.3) is 0 Å². The number of halogens is 4.